The molecule has 1 spiro atoms. The number of carbonyl (C=O) groups excluding carboxylic acids is 1. The zero-order chi connectivity index (χ0) is 10.7. The summed E-state index contributed by atoms with van der Waals surface area (Å²) in [5, 5.41) is 6.38. The molecule has 0 aromatic carbocycles. The van der Waals surface area contributed by atoms with Gasteiger partial charge in [-0.3, -0.25) is 4.79 Å². The van der Waals surface area contributed by atoms with E-state index in [1.54, 1.807) is 0 Å². The first-order valence-corrected chi connectivity index (χ1v) is 6.02. The summed E-state index contributed by atoms with van der Waals surface area (Å²) in [6.07, 6.45) is 3.12. The third kappa shape index (κ3) is 2.16. The Morgan fingerprint density at radius 2 is 2.07 bits per heavy atom. The summed E-state index contributed by atoms with van der Waals surface area (Å²) in [6, 6.07) is 0. The second kappa shape index (κ2) is 4.49. The molecular weight excluding hydrogens is 190 g/mol. The van der Waals surface area contributed by atoms with Gasteiger partial charge in [-0.05, 0) is 25.8 Å². The topological polar surface area (TPSA) is 44.4 Å². The molecule has 2 N–H and O–H groups in total. The van der Waals surface area contributed by atoms with E-state index >= 15 is 0 Å². The van der Waals surface area contributed by atoms with Crippen LogP contribution in [0.4, 0.5) is 0 Å². The number of carbonyl (C=O) groups is 1. The lowest BCUT2D eigenvalue weighted by Gasteiger charge is -2.43. The average molecular weight is 211 g/mol. The zero-order valence-corrected chi connectivity index (χ0v) is 9.51. The molecule has 1 amide bonds. The fourth-order valence-electron chi connectivity index (χ4n) is 2.61. The molecule has 4 nitrogen and oxygen atoms in total. The number of piperidine rings is 1. The summed E-state index contributed by atoms with van der Waals surface area (Å²) < 4.78 is 0. The van der Waals surface area contributed by atoms with Crippen LogP contribution in [0, 0.1) is 0 Å². The lowest BCUT2D eigenvalue weighted by atomic mass is 9.85. The monoisotopic (exact) mass is 211 g/mol. The van der Waals surface area contributed by atoms with Crippen molar-refractivity contribution in [2.24, 2.45) is 0 Å². The molecule has 2 aliphatic rings. The lowest BCUT2D eigenvalue weighted by molar-refractivity contribution is -0.131. The maximum atomic E-state index is 11.8. The van der Waals surface area contributed by atoms with E-state index in [4.69, 9.17) is 0 Å². The van der Waals surface area contributed by atoms with E-state index in [1.807, 2.05) is 0 Å². The Bertz CT molecular complexity index is 234. The molecule has 0 aromatic heterocycles. The maximum absolute atomic E-state index is 11.8. The van der Waals surface area contributed by atoms with Gasteiger partial charge in [-0.2, -0.15) is 0 Å². The molecule has 0 aromatic rings. The van der Waals surface area contributed by atoms with Crippen LogP contribution in [0.15, 0.2) is 0 Å². The minimum atomic E-state index is -0.248. The van der Waals surface area contributed by atoms with Gasteiger partial charge in [0.05, 0.1) is 0 Å². The van der Waals surface area contributed by atoms with Gasteiger partial charge in [0.2, 0.25) is 5.91 Å². The van der Waals surface area contributed by atoms with E-state index in [9.17, 15) is 4.79 Å². The number of hydrogen-bond donors (Lipinski definition) is 2. The molecule has 2 saturated heterocycles. The second-order valence-electron chi connectivity index (χ2n) is 4.61. The summed E-state index contributed by atoms with van der Waals surface area (Å²) in [5.74, 6) is 0.213. The van der Waals surface area contributed by atoms with Gasteiger partial charge in [0.25, 0.3) is 0 Å². The van der Waals surface area contributed by atoms with Crippen molar-refractivity contribution in [1.82, 2.24) is 15.5 Å². The van der Waals surface area contributed by atoms with Crippen LogP contribution < -0.4 is 10.6 Å². The Kier molecular flexibility index (Phi) is 3.26. The normalized spacial score (nSPS) is 26.6. The highest BCUT2D eigenvalue weighted by Crippen LogP contribution is 2.23. The van der Waals surface area contributed by atoms with Gasteiger partial charge in [0.15, 0.2) is 0 Å². The van der Waals surface area contributed by atoms with Crippen molar-refractivity contribution >= 4 is 5.91 Å². The molecule has 0 atom stereocenters. The molecule has 0 aliphatic carbocycles. The van der Waals surface area contributed by atoms with Crippen molar-refractivity contribution in [2.75, 3.05) is 32.7 Å². The predicted octanol–water partition coefficient (Wildman–Crippen LogP) is -0.0496. The van der Waals surface area contributed by atoms with E-state index in [0.717, 1.165) is 45.6 Å². The summed E-state index contributed by atoms with van der Waals surface area (Å²) in [6.45, 7) is 7.16. The smallest absolute Gasteiger partial charge is 0.240 e. The van der Waals surface area contributed by atoms with Crippen LogP contribution in [0.5, 0.6) is 0 Å². The molecule has 0 unspecified atom stereocenters. The molecule has 4 heteroatoms. The lowest BCUT2D eigenvalue weighted by Crippen LogP contribution is -2.66. The molecule has 2 aliphatic heterocycles. The zero-order valence-electron chi connectivity index (χ0n) is 9.51. The Morgan fingerprint density at radius 3 is 2.67 bits per heavy atom. The van der Waals surface area contributed by atoms with Crippen molar-refractivity contribution in [3.05, 3.63) is 0 Å². The number of piperazine rings is 1. The van der Waals surface area contributed by atoms with E-state index in [-0.39, 0.29) is 11.4 Å². The largest absolute Gasteiger partial charge is 0.353 e. The molecule has 2 rings (SSSR count). The molecule has 15 heavy (non-hydrogen) atoms. The van der Waals surface area contributed by atoms with E-state index in [0.29, 0.717) is 0 Å². The first-order chi connectivity index (χ1) is 7.27. The number of rotatable bonds is 2. The Hall–Kier alpha value is -0.610. The number of nitrogens with zero attached hydrogens (tertiary/aromatic N) is 1. The number of likely N-dealkylation sites (tertiary alicyclic amines) is 1. The highest BCUT2D eigenvalue weighted by molar-refractivity contribution is 5.87. The minimum Gasteiger partial charge on any atom is -0.353 e. The third-order valence-electron chi connectivity index (χ3n) is 3.56. The van der Waals surface area contributed by atoms with Crippen LogP contribution in [-0.4, -0.2) is 49.1 Å². The quantitative estimate of drug-likeness (QED) is 0.673. The van der Waals surface area contributed by atoms with Crippen LogP contribution >= 0.6 is 0 Å². The Balaban J connectivity index is 1.92. The van der Waals surface area contributed by atoms with E-state index < -0.39 is 0 Å². The first kappa shape index (κ1) is 10.9. The van der Waals surface area contributed by atoms with Gasteiger partial charge >= 0.3 is 0 Å². The molecule has 2 heterocycles. The fourth-order valence-corrected chi connectivity index (χ4v) is 2.61. The summed E-state index contributed by atoms with van der Waals surface area (Å²) >= 11 is 0. The van der Waals surface area contributed by atoms with Crippen molar-refractivity contribution < 1.29 is 4.79 Å². The van der Waals surface area contributed by atoms with Crippen molar-refractivity contribution in [3.63, 3.8) is 0 Å². The molecule has 0 radical (unpaired) electrons. The average Bonchev–Trinajstić information content (AvgIpc) is 2.26. The van der Waals surface area contributed by atoms with E-state index in [2.05, 4.69) is 22.5 Å². The number of nitrogens with one attached hydrogen (secondary N) is 2. The minimum absolute atomic E-state index is 0.213. The maximum Gasteiger partial charge on any atom is 0.240 e. The number of hydrogen-bond acceptors (Lipinski definition) is 3. The van der Waals surface area contributed by atoms with Crippen LogP contribution in [0.25, 0.3) is 0 Å². The summed E-state index contributed by atoms with van der Waals surface area (Å²) in [7, 11) is 0. The predicted molar refractivity (Wildman–Crippen MR) is 59.7 cm³/mol. The van der Waals surface area contributed by atoms with Crippen LogP contribution in [0.2, 0.25) is 0 Å². The molecule has 0 saturated carbocycles. The van der Waals surface area contributed by atoms with Crippen molar-refractivity contribution in [3.8, 4) is 0 Å². The van der Waals surface area contributed by atoms with Gasteiger partial charge in [0.1, 0.15) is 5.54 Å². The van der Waals surface area contributed by atoms with Crippen LogP contribution in [-0.2, 0) is 4.79 Å². The summed E-state index contributed by atoms with van der Waals surface area (Å²) in [5.41, 5.74) is -0.248. The molecular formula is C11H21N3O. The van der Waals surface area contributed by atoms with Crippen LogP contribution in [0.1, 0.15) is 26.2 Å². The second-order valence-corrected chi connectivity index (χ2v) is 4.61. The van der Waals surface area contributed by atoms with Gasteiger partial charge in [-0.15, -0.1) is 0 Å². The van der Waals surface area contributed by atoms with Gasteiger partial charge in [-0.25, -0.2) is 0 Å². The molecule has 86 valence electrons. The summed E-state index contributed by atoms with van der Waals surface area (Å²) in [4.78, 5) is 14.3. The van der Waals surface area contributed by atoms with Crippen molar-refractivity contribution in [2.45, 2.75) is 31.7 Å². The van der Waals surface area contributed by atoms with Gasteiger partial charge in [-0.1, -0.05) is 6.92 Å². The highest BCUT2D eigenvalue weighted by atomic mass is 16.2. The van der Waals surface area contributed by atoms with Crippen molar-refractivity contribution in [1.29, 1.82) is 0 Å². The third-order valence-corrected chi connectivity index (χ3v) is 3.56. The van der Waals surface area contributed by atoms with E-state index in [1.165, 1.54) is 6.42 Å². The number of amides is 1. The SMILES string of the molecule is CCCN1CCC2(CC1)NCCNC2=O. The highest BCUT2D eigenvalue weighted by Gasteiger charge is 2.42. The Labute approximate surface area is 91.4 Å². The standard InChI is InChI=1S/C11H21N3O/c1-2-7-14-8-3-11(4-9-14)10(15)12-5-6-13-11/h13H,2-9H2,1H3,(H,12,15). The fraction of sp³-hybridized carbons (Fsp3) is 0.909. The Morgan fingerprint density at radius 1 is 1.33 bits per heavy atom. The van der Waals surface area contributed by atoms with Gasteiger partial charge in [0, 0.05) is 26.2 Å². The molecule has 2 fully saturated rings. The first-order valence-electron chi connectivity index (χ1n) is 6.02. The molecule has 0 bridgehead atoms. The van der Waals surface area contributed by atoms with Crippen LogP contribution in [0.3, 0.4) is 0 Å². The van der Waals surface area contributed by atoms with Gasteiger partial charge < -0.3 is 15.5 Å².